The Hall–Kier alpha value is -1.53. The van der Waals surface area contributed by atoms with Crippen LogP contribution < -0.4 is 4.74 Å². The van der Waals surface area contributed by atoms with Crippen LogP contribution in [0.1, 0.15) is 11.1 Å². The zero-order chi connectivity index (χ0) is 8.39. The third-order valence-electron chi connectivity index (χ3n) is 1.80. The van der Waals surface area contributed by atoms with Crippen molar-refractivity contribution in [1.29, 1.82) is 5.26 Å². The highest BCUT2D eigenvalue weighted by atomic mass is 16.7. The van der Waals surface area contributed by atoms with Gasteiger partial charge >= 0.3 is 0 Å². The molecule has 3 nitrogen and oxygen atoms in total. The van der Waals surface area contributed by atoms with E-state index in [0.29, 0.717) is 12.2 Å². The Morgan fingerprint density at radius 1 is 1.42 bits per heavy atom. The van der Waals surface area contributed by atoms with E-state index in [-0.39, 0.29) is 6.79 Å². The van der Waals surface area contributed by atoms with Crippen LogP contribution in [-0.4, -0.2) is 6.79 Å². The van der Waals surface area contributed by atoms with Crippen molar-refractivity contribution in [2.45, 2.75) is 6.61 Å². The molecular weight excluding hydrogens is 154 g/mol. The first-order chi connectivity index (χ1) is 5.92. The van der Waals surface area contributed by atoms with Crippen molar-refractivity contribution in [2.24, 2.45) is 0 Å². The van der Waals surface area contributed by atoms with E-state index in [1.54, 1.807) is 6.07 Å². The number of ether oxygens (including phenoxy) is 2. The van der Waals surface area contributed by atoms with Crippen LogP contribution in [0, 0.1) is 11.3 Å². The molecule has 0 bridgehead atoms. The number of benzene rings is 1. The predicted octanol–water partition coefficient (Wildman–Crippen LogP) is 1.42. The summed E-state index contributed by atoms with van der Waals surface area (Å²) in [5.41, 5.74) is 1.48. The summed E-state index contributed by atoms with van der Waals surface area (Å²) in [4.78, 5) is 0. The summed E-state index contributed by atoms with van der Waals surface area (Å²) in [7, 11) is 0. The van der Waals surface area contributed by atoms with Gasteiger partial charge in [-0.3, -0.25) is 0 Å². The highest BCUT2D eigenvalue weighted by Crippen LogP contribution is 2.25. The van der Waals surface area contributed by atoms with Crippen molar-refractivity contribution in [3.63, 3.8) is 0 Å². The minimum absolute atomic E-state index is 0.280. The summed E-state index contributed by atoms with van der Waals surface area (Å²) >= 11 is 0. The van der Waals surface area contributed by atoms with Gasteiger partial charge < -0.3 is 9.47 Å². The second-order valence-corrected chi connectivity index (χ2v) is 2.50. The molecule has 1 aromatic rings. The fourth-order valence-electron chi connectivity index (χ4n) is 1.20. The summed E-state index contributed by atoms with van der Waals surface area (Å²) in [6, 6.07) is 7.51. The maximum Gasteiger partial charge on any atom is 0.189 e. The van der Waals surface area contributed by atoms with Gasteiger partial charge in [-0.2, -0.15) is 5.26 Å². The fraction of sp³-hybridized carbons (Fsp3) is 0.222. The quantitative estimate of drug-likeness (QED) is 0.578. The van der Waals surface area contributed by atoms with E-state index in [0.717, 1.165) is 11.3 Å². The highest BCUT2D eigenvalue weighted by molar-refractivity contribution is 5.46. The lowest BCUT2D eigenvalue weighted by atomic mass is 10.1. The monoisotopic (exact) mass is 161 g/mol. The molecular formula is C9H7NO2. The summed E-state index contributed by atoms with van der Waals surface area (Å²) in [6.45, 7) is 0.751. The smallest absolute Gasteiger partial charge is 0.189 e. The lowest BCUT2D eigenvalue weighted by Crippen LogP contribution is -2.12. The molecule has 0 saturated heterocycles. The molecule has 0 N–H and O–H groups in total. The first kappa shape index (κ1) is 7.14. The maximum atomic E-state index is 8.73. The number of fused-ring (bicyclic) bond motifs is 1. The van der Waals surface area contributed by atoms with E-state index in [4.69, 9.17) is 14.7 Å². The Bertz CT molecular complexity index is 341. The van der Waals surface area contributed by atoms with E-state index in [1.165, 1.54) is 0 Å². The third-order valence-corrected chi connectivity index (χ3v) is 1.80. The minimum Gasteiger partial charge on any atom is -0.467 e. The zero-order valence-electron chi connectivity index (χ0n) is 6.41. The Labute approximate surface area is 70.1 Å². The van der Waals surface area contributed by atoms with Crippen molar-refractivity contribution >= 4 is 0 Å². The van der Waals surface area contributed by atoms with Crippen molar-refractivity contribution < 1.29 is 9.47 Å². The van der Waals surface area contributed by atoms with Gasteiger partial charge in [-0.1, -0.05) is 6.07 Å². The molecule has 0 amide bonds. The van der Waals surface area contributed by atoms with Crippen LogP contribution in [0.3, 0.4) is 0 Å². The zero-order valence-corrected chi connectivity index (χ0v) is 6.41. The van der Waals surface area contributed by atoms with Gasteiger partial charge in [-0.05, 0) is 12.1 Å². The summed E-state index contributed by atoms with van der Waals surface area (Å²) in [5, 5.41) is 8.73. The average Bonchev–Trinajstić information content (AvgIpc) is 2.17. The standard InChI is InChI=1S/C9H7NO2/c10-4-7-2-1-3-9-8(7)5-11-6-12-9/h1-3H,5-6H2. The molecule has 60 valence electrons. The number of nitriles is 1. The van der Waals surface area contributed by atoms with Gasteiger partial charge in [-0.25, -0.2) is 0 Å². The highest BCUT2D eigenvalue weighted by Gasteiger charge is 2.13. The van der Waals surface area contributed by atoms with Gasteiger partial charge in [0.15, 0.2) is 6.79 Å². The Morgan fingerprint density at radius 2 is 2.33 bits per heavy atom. The number of rotatable bonds is 0. The number of hydrogen-bond acceptors (Lipinski definition) is 3. The molecule has 0 atom stereocenters. The molecule has 2 rings (SSSR count). The van der Waals surface area contributed by atoms with Crippen LogP contribution in [0.5, 0.6) is 5.75 Å². The van der Waals surface area contributed by atoms with E-state index in [1.807, 2.05) is 12.1 Å². The molecule has 12 heavy (non-hydrogen) atoms. The van der Waals surface area contributed by atoms with Crippen LogP contribution in [-0.2, 0) is 11.3 Å². The molecule has 0 aliphatic carbocycles. The second kappa shape index (κ2) is 2.84. The van der Waals surface area contributed by atoms with Crippen molar-refractivity contribution in [1.82, 2.24) is 0 Å². The molecule has 3 heteroatoms. The predicted molar refractivity (Wildman–Crippen MR) is 41.4 cm³/mol. The molecule has 1 aromatic carbocycles. The van der Waals surface area contributed by atoms with E-state index >= 15 is 0 Å². The third kappa shape index (κ3) is 1.03. The van der Waals surface area contributed by atoms with Gasteiger partial charge in [0.05, 0.1) is 18.2 Å². The number of hydrogen-bond donors (Lipinski definition) is 0. The molecule has 0 fully saturated rings. The van der Waals surface area contributed by atoms with Crippen LogP contribution in [0.25, 0.3) is 0 Å². The molecule has 0 spiro atoms. The Kier molecular flexibility index (Phi) is 1.69. The maximum absolute atomic E-state index is 8.73. The van der Waals surface area contributed by atoms with Crippen molar-refractivity contribution in [3.8, 4) is 11.8 Å². The largest absolute Gasteiger partial charge is 0.467 e. The van der Waals surface area contributed by atoms with Crippen molar-refractivity contribution in [3.05, 3.63) is 29.3 Å². The van der Waals surface area contributed by atoms with Gasteiger partial charge in [-0.15, -0.1) is 0 Å². The molecule has 0 radical (unpaired) electrons. The van der Waals surface area contributed by atoms with Crippen LogP contribution in [0.2, 0.25) is 0 Å². The fourth-order valence-corrected chi connectivity index (χ4v) is 1.20. The molecule has 1 heterocycles. The lowest BCUT2D eigenvalue weighted by molar-refractivity contribution is -0.0165. The Balaban J connectivity index is 2.53. The minimum atomic E-state index is 0.280. The lowest BCUT2D eigenvalue weighted by Gasteiger charge is -2.17. The molecule has 1 aliphatic rings. The molecule has 1 aliphatic heterocycles. The first-order valence-electron chi connectivity index (χ1n) is 3.64. The van der Waals surface area contributed by atoms with Gasteiger partial charge in [0.1, 0.15) is 5.75 Å². The molecule has 0 aromatic heterocycles. The van der Waals surface area contributed by atoms with Gasteiger partial charge in [0.25, 0.3) is 0 Å². The Morgan fingerprint density at radius 3 is 3.17 bits per heavy atom. The van der Waals surface area contributed by atoms with Crippen molar-refractivity contribution in [2.75, 3.05) is 6.79 Å². The topological polar surface area (TPSA) is 42.2 Å². The normalized spacial score (nSPS) is 14.2. The summed E-state index contributed by atoms with van der Waals surface area (Å²) < 4.78 is 10.3. The summed E-state index contributed by atoms with van der Waals surface area (Å²) in [6.07, 6.45) is 0. The van der Waals surface area contributed by atoms with E-state index < -0.39 is 0 Å². The summed E-state index contributed by atoms with van der Waals surface area (Å²) in [5.74, 6) is 0.764. The van der Waals surface area contributed by atoms with Crippen LogP contribution in [0.15, 0.2) is 18.2 Å². The SMILES string of the molecule is N#Cc1cccc2c1COCO2. The first-order valence-corrected chi connectivity index (χ1v) is 3.64. The van der Waals surface area contributed by atoms with E-state index in [2.05, 4.69) is 6.07 Å². The van der Waals surface area contributed by atoms with Crippen LogP contribution >= 0.6 is 0 Å². The van der Waals surface area contributed by atoms with Gasteiger partial charge in [0.2, 0.25) is 0 Å². The molecule has 0 unspecified atom stereocenters. The van der Waals surface area contributed by atoms with Crippen LogP contribution in [0.4, 0.5) is 0 Å². The second-order valence-electron chi connectivity index (χ2n) is 2.50. The van der Waals surface area contributed by atoms with E-state index in [9.17, 15) is 0 Å². The number of nitrogens with zero attached hydrogens (tertiary/aromatic N) is 1. The van der Waals surface area contributed by atoms with Gasteiger partial charge in [0, 0.05) is 5.56 Å². The molecule has 0 saturated carbocycles. The average molecular weight is 161 g/mol.